The quantitative estimate of drug-likeness (QED) is 0.736. The van der Waals surface area contributed by atoms with Crippen LogP contribution in [0.15, 0.2) is 36.5 Å². The van der Waals surface area contributed by atoms with E-state index in [-0.39, 0.29) is 11.8 Å². The maximum absolute atomic E-state index is 11.0. The Hall–Kier alpha value is -1.15. The lowest BCUT2D eigenvalue weighted by atomic mass is 9.91. The molecule has 1 aliphatic rings. The zero-order chi connectivity index (χ0) is 10.6. The summed E-state index contributed by atoms with van der Waals surface area (Å²) in [4.78, 5) is 11.0. The molecule has 0 saturated carbocycles. The van der Waals surface area contributed by atoms with Crippen LogP contribution in [0, 0.1) is 0 Å². The van der Waals surface area contributed by atoms with Crippen LogP contribution in [0.25, 0.3) is 0 Å². The summed E-state index contributed by atoms with van der Waals surface area (Å²) >= 11 is 0. The predicted octanol–water partition coefficient (Wildman–Crippen LogP) is 2.00. The van der Waals surface area contributed by atoms with E-state index in [0.29, 0.717) is 6.42 Å². The van der Waals surface area contributed by atoms with E-state index in [0.717, 1.165) is 18.5 Å². The number of carbonyl (C=O) groups is 1. The van der Waals surface area contributed by atoms with E-state index in [2.05, 4.69) is 18.5 Å². The Bertz CT molecular complexity index is 289. The molecular weight excluding hydrogens is 174 g/mol. The molecule has 1 unspecified atom stereocenters. The van der Waals surface area contributed by atoms with Crippen LogP contribution in [0.2, 0.25) is 0 Å². The van der Waals surface area contributed by atoms with Gasteiger partial charge in [0.1, 0.15) is 5.78 Å². The molecule has 76 valence electrons. The van der Waals surface area contributed by atoms with Crippen molar-refractivity contribution in [3.8, 4) is 0 Å². The first-order valence-corrected chi connectivity index (χ1v) is 4.89. The minimum absolute atomic E-state index is 0.131. The summed E-state index contributed by atoms with van der Waals surface area (Å²) in [6.07, 6.45) is 5.21. The zero-order valence-corrected chi connectivity index (χ0v) is 8.68. The summed E-state index contributed by atoms with van der Waals surface area (Å²) in [6, 6.07) is 0.131. The van der Waals surface area contributed by atoms with E-state index in [9.17, 15) is 4.79 Å². The monoisotopic (exact) mass is 191 g/mol. The average molecular weight is 191 g/mol. The number of hydrogen-bond acceptors (Lipinski definition) is 2. The maximum atomic E-state index is 11.0. The van der Waals surface area contributed by atoms with Gasteiger partial charge in [-0.1, -0.05) is 25.3 Å². The molecule has 0 spiro atoms. The molecule has 0 aromatic carbocycles. The van der Waals surface area contributed by atoms with Crippen molar-refractivity contribution in [3.63, 3.8) is 0 Å². The average Bonchev–Trinajstić information content (AvgIpc) is 2.16. The molecular formula is C12H17NO. The van der Waals surface area contributed by atoms with E-state index in [1.807, 2.05) is 12.2 Å². The summed E-state index contributed by atoms with van der Waals surface area (Å²) < 4.78 is 0. The molecule has 0 aromatic rings. The van der Waals surface area contributed by atoms with E-state index in [4.69, 9.17) is 0 Å². The van der Waals surface area contributed by atoms with Crippen LogP contribution in [0.4, 0.5) is 0 Å². The minimum atomic E-state index is 0.131. The van der Waals surface area contributed by atoms with Gasteiger partial charge in [0, 0.05) is 12.5 Å². The molecule has 0 radical (unpaired) electrons. The summed E-state index contributed by atoms with van der Waals surface area (Å²) in [5.41, 5.74) is 2.34. The van der Waals surface area contributed by atoms with Crippen molar-refractivity contribution in [1.82, 2.24) is 5.32 Å². The third-order valence-electron chi connectivity index (χ3n) is 2.49. The molecule has 0 fully saturated rings. The summed E-state index contributed by atoms with van der Waals surface area (Å²) in [5.74, 6) is 0.201. The highest BCUT2D eigenvalue weighted by Gasteiger charge is 2.19. The first kappa shape index (κ1) is 10.9. The lowest BCUT2D eigenvalue weighted by molar-refractivity contribution is -0.117. The zero-order valence-electron chi connectivity index (χ0n) is 8.68. The molecule has 1 aliphatic heterocycles. The number of allylic oxidation sites excluding steroid dienone is 1. The number of nitrogens with one attached hydrogen (secondary N) is 1. The Balaban J connectivity index is 2.89. The van der Waals surface area contributed by atoms with E-state index in [1.165, 1.54) is 5.57 Å². The van der Waals surface area contributed by atoms with Gasteiger partial charge in [-0.2, -0.15) is 0 Å². The number of Topliss-reactive ketones (excluding diaryl/α,β-unsaturated/α-hetero) is 1. The third-order valence-corrected chi connectivity index (χ3v) is 2.49. The normalized spacial score (nSPS) is 21.9. The van der Waals surface area contributed by atoms with Crippen LogP contribution < -0.4 is 5.32 Å². The van der Waals surface area contributed by atoms with Gasteiger partial charge in [-0.05, 0) is 31.0 Å². The number of carbonyl (C=O) groups excluding carboxylic acids is 1. The number of hydrogen-bond donors (Lipinski definition) is 1. The molecule has 1 heterocycles. The highest BCUT2D eigenvalue weighted by atomic mass is 16.1. The van der Waals surface area contributed by atoms with Gasteiger partial charge in [-0.3, -0.25) is 4.79 Å². The largest absolute Gasteiger partial charge is 0.309 e. The van der Waals surface area contributed by atoms with Crippen molar-refractivity contribution in [2.45, 2.75) is 25.8 Å². The number of ketones is 1. The van der Waals surface area contributed by atoms with Gasteiger partial charge in [-0.25, -0.2) is 0 Å². The Morgan fingerprint density at radius 2 is 2.29 bits per heavy atom. The molecule has 14 heavy (non-hydrogen) atoms. The first-order valence-electron chi connectivity index (χ1n) is 4.89. The molecule has 0 amide bonds. The molecule has 1 N–H and O–H groups in total. The number of rotatable bonds is 4. The van der Waals surface area contributed by atoms with Crippen LogP contribution in [0.5, 0.6) is 0 Å². The molecule has 0 aromatic heterocycles. The fourth-order valence-electron chi connectivity index (χ4n) is 1.82. The van der Waals surface area contributed by atoms with Crippen molar-refractivity contribution >= 4 is 5.78 Å². The Labute approximate surface area is 85.4 Å². The van der Waals surface area contributed by atoms with Gasteiger partial charge in [0.15, 0.2) is 0 Å². The smallest absolute Gasteiger partial charge is 0.131 e. The van der Waals surface area contributed by atoms with Crippen molar-refractivity contribution < 1.29 is 4.79 Å². The molecule has 1 rings (SSSR count). The van der Waals surface area contributed by atoms with Crippen molar-refractivity contribution in [2.24, 2.45) is 0 Å². The van der Waals surface area contributed by atoms with Crippen LogP contribution >= 0.6 is 0 Å². The topological polar surface area (TPSA) is 29.1 Å². The third kappa shape index (κ3) is 2.42. The molecule has 0 bridgehead atoms. The molecule has 2 heteroatoms. The summed E-state index contributed by atoms with van der Waals surface area (Å²) in [6.45, 7) is 10.1. The molecule has 2 nitrogen and oxygen atoms in total. The van der Waals surface area contributed by atoms with Gasteiger partial charge in [0.25, 0.3) is 0 Å². The molecule has 0 aliphatic carbocycles. The fourth-order valence-corrected chi connectivity index (χ4v) is 1.82. The maximum Gasteiger partial charge on any atom is 0.131 e. The predicted molar refractivity (Wildman–Crippen MR) is 59.1 cm³/mol. The van der Waals surface area contributed by atoms with Gasteiger partial charge < -0.3 is 5.32 Å². The van der Waals surface area contributed by atoms with E-state index in [1.54, 1.807) is 6.92 Å². The summed E-state index contributed by atoms with van der Waals surface area (Å²) in [7, 11) is 0. The van der Waals surface area contributed by atoms with E-state index >= 15 is 0 Å². The van der Waals surface area contributed by atoms with E-state index < -0.39 is 0 Å². The van der Waals surface area contributed by atoms with Crippen molar-refractivity contribution in [2.75, 3.05) is 6.54 Å². The minimum Gasteiger partial charge on any atom is -0.309 e. The summed E-state index contributed by atoms with van der Waals surface area (Å²) in [5, 5.41) is 3.32. The lowest BCUT2D eigenvalue weighted by Crippen LogP contribution is -2.37. The molecule has 0 saturated heterocycles. The molecule has 1 atom stereocenters. The Kier molecular flexibility index (Phi) is 3.84. The fraction of sp³-hybridized carbons (Fsp3) is 0.417. The lowest BCUT2D eigenvalue weighted by Gasteiger charge is -2.26. The highest BCUT2D eigenvalue weighted by molar-refractivity contribution is 5.77. The SMILES string of the molecule is C=CC1=C(C=C)C(CC(C)=O)NCC1. The second kappa shape index (κ2) is 4.91. The van der Waals surface area contributed by atoms with Crippen molar-refractivity contribution in [1.29, 1.82) is 0 Å². The van der Waals surface area contributed by atoms with Crippen LogP contribution in [-0.4, -0.2) is 18.4 Å². The van der Waals surface area contributed by atoms with Crippen LogP contribution in [-0.2, 0) is 4.79 Å². The van der Waals surface area contributed by atoms with Gasteiger partial charge >= 0.3 is 0 Å². The van der Waals surface area contributed by atoms with Crippen LogP contribution in [0.1, 0.15) is 19.8 Å². The first-order chi connectivity index (χ1) is 6.69. The van der Waals surface area contributed by atoms with Gasteiger partial charge in [0.2, 0.25) is 0 Å². The second-order valence-electron chi connectivity index (χ2n) is 3.55. The van der Waals surface area contributed by atoms with Gasteiger partial charge in [-0.15, -0.1) is 0 Å². The van der Waals surface area contributed by atoms with Crippen molar-refractivity contribution in [3.05, 3.63) is 36.5 Å². The highest BCUT2D eigenvalue weighted by Crippen LogP contribution is 2.21. The van der Waals surface area contributed by atoms with Gasteiger partial charge in [0.05, 0.1) is 0 Å². The second-order valence-corrected chi connectivity index (χ2v) is 3.55. The van der Waals surface area contributed by atoms with Crippen LogP contribution in [0.3, 0.4) is 0 Å². The Morgan fingerprint density at radius 3 is 2.79 bits per heavy atom. The Morgan fingerprint density at radius 1 is 1.57 bits per heavy atom. The standard InChI is InChI=1S/C12H17NO/c1-4-10-6-7-13-12(8-9(3)14)11(10)5-2/h4-5,12-13H,1-2,6-8H2,3H3.